The number of hydrogen-bond donors (Lipinski definition) is 0. The highest BCUT2D eigenvalue weighted by atomic mass is 16.2. The van der Waals surface area contributed by atoms with Gasteiger partial charge in [-0.05, 0) is 29.6 Å². The fourth-order valence-corrected chi connectivity index (χ4v) is 2.28. The first kappa shape index (κ1) is 11.6. The summed E-state index contributed by atoms with van der Waals surface area (Å²) < 4.78 is 1.55. The van der Waals surface area contributed by atoms with E-state index in [1.807, 2.05) is 37.3 Å². The van der Waals surface area contributed by atoms with Crippen molar-refractivity contribution in [2.75, 3.05) is 5.01 Å². The van der Waals surface area contributed by atoms with Gasteiger partial charge in [-0.3, -0.25) is 9.59 Å². The molecule has 2 heterocycles. The fraction of sp³-hybridized carbons (Fsp3) is 0.133. The van der Waals surface area contributed by atoms with Crippen LogP contribution in [0.15, 0.2) is 48.8 Å². The van der Waals surface area contributed by atoms with Gasteiger partial charge in [-0.25, -0.2) is 0 Å². The number of aryl methyl sites for hydroxylation is 1. The Morgan fingerprint density at radius 3 is 2.68 bits per heavy atom. The van der Waals surface area contributed by atoms with Gasteiger partial charge in [-0.2, -0.15) is 0 Å². The zero-order valence-electron chi connectivity index (χ0n) is 10.5. The van der Waals surface area contributed by atoms with Crippen LogP contribution in [0.25, 0.3) is 0 Å². The van der Waals surface area contributed by atoms with Crippen LogP contribution in [0.1, 0.15) is 21.5 Å². The normalized spacial score (nSPS) is 14.5. The van der Waals surface area contributed by atoms with E-state index in [-0.39, 0.29) is 18.2 Å². The monoisotopic (exact) mass is 253 g/mol. The Morgan fingerprint density at radius 2 is 1.89 bits per heavy atom. The van der Waals surface area contributed by atoms with Crippen molar-refractivity contribution in [2.24, 2.45) is 0 Å². The standard InChI is InChI=1S/C15H13N2O2/c1-11-5-4-8-16(10-11)17-14(18)9-12-6-2-3-7-13(12)15(17)19/h2-8,10H,9H2,1H3/q+1. The smallest absolute Gasteiger partial charge is 0.268 e. The summed E-state index contributed by atoms with van der Waals surface area (Å²) in [5, 5.41) is 1.19. The molecule has 1 aliphatic heterocycles. The van der Waals surface area contributed by atoms with Gasteiger partial charge in [-0.15, -0.1) is 0 Å². The zero-order valence-corrected chi connectivity index (χ0v) is 10.5. The average molecular weight is 253 g/mol. The number of carbonyl (C=O) groups excluding carboxylic acids is 2. The topological polar surface area (TPSA) is 41.3 Å². The van der Waals surface area contributed by atoms with E-state index in [2.05, 4.69) is 0 Å². The van der Waals surface area contributed by atoms with Crippen LogP contribution in [0.5, 0.6) is 0 Å². The van der Waals surface area contributed by atoms with Crippen molar-refractivity contribution in [3.63, 3.8) is 0 Å². The van der Waals surface area contributed by atoms with E-state index < -0.39 is 0 Å². The van der Waals surface area contributed by atoms with Crippen molar-refractivity contribution >= 4 is 11.8 Å². The number of rotatable bonds is 1. The second kappa shape index (κ2) is 4.31. The van der Waals surface area contributed by atoms with Crippen LogP contribution in [-0.4, -0.2) is 11.8 Å². The third kappa shape index (κ3) is 1.91. The van der Waals surface area contributed by atoms with Gasteiger partial charge in [0.2, 0.25) is 12.4 Å². The van der Waals surface area contributed by atoms with Crippen LogP contribution in [0, 0.1) is 6.92 Å². The average Bonchev–Trinajstić information content (AvgIpc) is 2.39. The molecule has 0 saturated carbocycles. The Morgan fingerprint density at radius 1 is 1.11 bits per heavy atom. The number of fused-ring (bicyclic) bond motifs is 1. The number of benzene rings is 1. The van der Waals surface area contributed by atoms with Crippen molar-refractivity contribution in [3.8, 4) is 0 Å². The minimum absolute atomic E-state index is 0.209. The first-order valence-electron chi connectivity index (χ1n) is 6.10. The van der Waals surface area contributed by atoms with E-state index in [1.54, 1.807) is 23.1 Å². The highest BCUT2D eigenvalue weighted by Crippen LogP contribution is 2.16. The third-order valence-corrected chi connectivity index (χ3v) is 3.18. The summed E-state index contributed by atoms with van der Waals surface area (Å²) in [5.74, 6) is -0.484. The van der Waals surface area contributed by atoms with Gasteiger partial charge >= 0.3 is 5.91 Å². The van der Waals surface area contributed by atoms with E-state index in [4.69, 9.17) is 0 Å². The minimum atomic E-state index is -0.276. The van der Waals surface area contributed by atoms with Crippen LogP contribution in [-0.2, 0) is 11.2 Å². The molecule has 1 aromatic heterocycles. The summed E-state index contributed by atoms with van der Waals surface area (Å²) in [7, 11) is 0. The van der Waals surface area contributed by atoms with Gasteiger partial charge in [0.05, 0.1) is 6.42 Å². The first-order valence-corrected chi connectivity index (χ1v) is 6.10. The summed E-state index contributed by atoms with van der Waals surface area (Å²) in [6, 6.07) is 11.0. The second-order valence-electron chi connectivity index (χ2n) is 4.61. The molecule has 1 aromatic carbocycles. The minimum Gasteiger partial charge on any atom is -0.268 e. The summed E-state index contributed by atoms with van der Waals surface area (Å²) >= 11 is 0. The molecular weight excluding hydrogens is 240 g/mol. The van der Waals surface area contributed by atoms with Crippen molar-refractivity contribution in [3.05, 3.63) is 65.5 Å². The number of pyridine rings is 1. The van der Waals surface area contributed by atoms with Crippen molar-refractivity contribution < 1.29 is 14.3 Å². The van der Waals surface area contributed by atoms with E-state index in [0.29, 0.717) is 5.56 Å². The van der Waals surface area contributed by atoms with E-state index in [9.17, 15) is 9.59 Å². The maximum absolute atomic E-state index is 12.4. The lowest BCUT2D eigenvalue weighted by atomic mass is 10.00. The Kier molecular flexibility index (Phi) is 2.63. The molecule has 1 aliphatic rings. The Bertz CT molecular complexity index is 679. The highest BCUT2D eigenvalue weighted by molar-refractivity contribution is 6.18. The predicted molar refractivity (Wildman–Crippen MR) is 69.1 cm³/mol. The van der Waals surface area contributed by atoms with E-state index in [0.717, 1.165) is 11.1 Å². The molecule has 2 amide bonds. The first-order chi connectivity index (χ1) is 9.16. The Labute approximate surface area is 110 Å². The third-order valence-electron chi connectivity index (χ3n) is 3.18. The van der Waals surface area contributed by atoms with Crippen LogP contribution < -0.4 is 9.69 Å². The summed E-state index contributed by atoms with van der Waals surface area (Å²) in [6.45, 7) is 1.92. The molecule has 4 nitrogen and oxygen atoms in total. The molecule has 0 bridgehead atoms. The molecule has 0 radical (unpaired) electrons. The molecule has 3 rings (SSSR count). The van der Waals surface area contributed by atoms with Crippen molar-refractivity contribution in [1.29, 1.82) is 0 Å². The SMILES string of the molecule is Cc1ccc[n+](N2C(=O)Cc3ccccc3C2=O)c1. The molecule has 94 valence electrons. The molecular formula is C15H13N2O2+. The van der Waals surface area contributed by atoms with Crippen molar-refractivity contribution in [2.45, 2.75) is 13.3 Å². The van der Waals surface area contributed by atoms with Gasteiger partial charge in [0, 0.05) is 17.2 Å². The maximum Gasteiger partial charge on any atom is 0.318 e. The molecule has 0 spiro atoms. The second-order valence-corrected chi connectivity index (χ2v) is 4.61. The van der Waals surface area contributed by atoms with Gasteiger partial charge in [0.15, 0.2) is 0 Å². The molecule has 0 fully saturated rings. The fourth-order valence-electron chi connectivity index (χ4n) is 2.28. The van der Waals surface area contributed by atoms with Crippen LogP contribution in [0.4, 0.5) is 0 Å². The Balaban J connectivity index is 2.09. The van der Waals surface area contributed by atoms with Crippen LogP contribution >= 0.6 is 0 Å². The molecule has 2 aromatic rings. The lowest BCUT2D eigenvalue weighted by molar-refractivity contribution is -0.673. The van der Waals surface area contributed by atoms with Gasteiger partial charge in [-0.1, -0.05) is 22.9 Å². The zero-order chi connectivity index (χ0) is 13.4. The van der Waals surface area contributed by atoms with Gasteiger partial charge in [0.25, 0.3) is 5.91 Å². The molecule has 0 aliphatic carbocycles. The van der Waals surface area contributed by atoms with Gasteiger partial charge < -0.3 is 0 Å². The highest BCUT2D eigenvalue weighted by Gasteiger charge is 2.37. The van der Waals surface area contributed by atoms with Crippen LogP contribution in [0.3, 0.4) is 0 Å². The molecule has 19 heavy (non-hydrogen) atoms. The van der Waals surface area contributed by atoms with Crippen molar-refractivity contribution in [1.82, 2.24) is 0 Å². The summed E-state index contributed by atoms with van der Waals surface area (Å²) in [4.78, 5) is 24.6. The Hall–Kier alpha value is -2.49. The predicted octanol–water partition coefficient (Wildman–Crippen LogP) is 1.14. The number of imide groups is 1. The lowest BCUT2D eigenvalue weighted by Gasteiger charge is -2.20. The molecule has 0 N–H and O–H groups in total. The summed E-state index contributed by atoms with van der Waals surface area (Å²) in [6.07, 6.45) is 3.73. The maximum atomic E-state index is 12.4. The summed E-state index contributed by atoms with van der Waals surface area (Å²) in [5.41, 5.74) is 2.38. The van der Waals surface area contributed by atoms with E-state index >= 15 is 0 Å². The van der Waals surface area contributed by atoms with Gasteiger partial charge in [0.1, 0.15) is 0 Å². The number of nitrogens with zero attached hydrogens (tertiary/aromatic N) is 2. The number of aromatic nitrogens is 1. The number of carbonyl (C=O) groups is 2. The quantitative estimate of drug-likeness (QED) is 0.565. The number of hydrogen-bond acceptors (Lipinski definition) is 2. The van der Waals surface area contributed by atoms with Crippen LogP contribution in [0.2, 0.25) is 0 Å². The molecule has 0 unspecified atom stereocenters. The lowest BCUT2D eigenvalue weighted by Crippen LogP contribution is -2.65. The molecule has 0 saturated heterocycles. The molecule has 4 heteroatoms. The largest absolute Gasteiger partial charge is 0.318 e. The number of amides is 2. The van der Waals surface area contributed by atoms with E-state index in [1.165, 1.54) is 5.01 Å². The molecule has 0 atom stereocenters.